The summed E-state index contributed by atoms with van der Waals surface area (Å²) in [6, 6.07) is 4.45. The van der Waals surface area contributed by atoms with E-state index in [1.165, 1.54) is 16.4 Å². The second-order valence-corrected chi connectivity index (χ2v) is 6.67. The van der Waals surface area contributed by atoms with Crippen LogP contribution in [-0.4, -0.2) is 30.3 Å². The van der Waals surface area contributed by atoms with Crippen LogP contribution in [0.5, 0.6) is 0 Å². The molecule has 1 aliphatic rings. The van der Waals surface area contributed by atoms with Crippen LogP contribution in [0.4, 0.5) is 0 Å². The van der Waals surface area contributed by atoms with E-state index < -0.39 is 15.8 Å². The first kappa shape index (κ1) is 12.4. The Bertz CT molecular complexity index is 774. The average Bonchev–Trinajstić information content (AvgIpc) is 2.92. The lowest BCUT2D eigenvalue weighted by molar-refractivity contribution is 0.408. The summed E-state index contributed by atoms with van der Waals surface area (Å²) in [4.78, 5) is 13.7. The molecule has 1 aromatic heterocycles. The Morgan fingerprint density at radius 2 is 2.21 bits per heavy atom. The fourth-order valence-corrected chi connectivity index (χ4v) is 4.20. The summed E-state index contributed by atoms with van der Waals surface area (Å²) in [5, 5.41) is 0. The van der Waals surface area contributed by atoms with Gasteiger partial charge in [0.25, 0.3) is 0 Å². The number of H-pyrrole nitrogens is 1. The fourth-order valence-electron chi connectivity index (χ4n) is 2.49. The van der Waals surface area contributed by atoms with Gasteiger partial charge in [-0.25, -0.2) is 13.2 Å². The topological polar surface area (TPSA) is 83.4 Å². The van der Waals surface area contributed by atoms with Crippen LogP contribution in [0.1, 0.15) is 19.8 Å². The molecule has 1 atom stereocenters. The zero-order valence-electron chi connectivity index (χ0n) is 10.4. The van der Waals surface area contributed by atoms with Gasteiger partial charge < -0.3 is 4.42 Å². The van der Waals surface area contributed by atoms with E-state index in [0.717, 1.165) is 12.8 Å². The van der Waals surface area contributed by atoms with Crippen LogP contribution < -0.4 is 5.76 Å². The third-order valence-electron chi connectivity index (χ3n) is 3.49. The number of fused-ring (bicyclic) bond motifs is 1. The molecule has 0 bridgehead atoms. The maximum absolute atomic E-state index is 12.5. The highest BCUT2D eigenvalue weighted by Gasteiger charge is 2.32. The number of hydrogen-bond acceptors (Lipinski definition) is 4. The zero-order chi connectivity index (χ0) is 13.6. The number of hydrogen-bond donors (Lipinski definition) is 1. The van der Waals surface area contributed by atoms with E-state index in [4.69, 9.17) is 4.42 Å². The Kier molecular flexibility index (Phi) is 2.75. The second kappa shape index (κ2) is 4.21. The maximum atomic E-state index is 12.5. The summed E-state index contributed by atoms with van der Waals surface area (Å²) in [6.45, 7) is 2.44. The molecule has 1 unspecified atom stereocenters. The van der Waals surface area contributed by atoms with Gasteiger partial charge in [-0.2, -0.15) is 4.31 Å². The van der Waals surface area contributed by atoms with Crippen molar-refractivity contribution in [3.63, 3.8) is 0 Å². The minimum atomic E-state index is -3.51. The Hall–Kier alpha value is -1.60. The molecule has 3 rings (SSSR count). The van der Waals surface area contributed by atoms with Gasteiger partial charge in [-0.1, -0.05) is 0 Å². The molecule has 1 saturated heterocycles. The van der Waals surface area contributed by atoms with Gasteiger partial charge in [0.2, 0.25) is 10.0 Å². The van der Waals surface area contributed by atoms with Gasteiger partial charge in [-0.05, 0) is 31.9 Å². The van der Waals surface area contributed by atoms with Gasteiger partial charge in [0.05, 0.1) is 10.4 Å². The Balaban J connectivity index is 2.10. The number of rotatable bonds is 2. The van der Waals surface area contributed by atoms with E-state index >= 15 is 0 Å². The lowest BCUT2D eigenvalue weighted by Crippen LogP contribution is -2.33. The Morgan fingerprint density at radius 1 is 1.42 bits per heavy atom. The maximum Gasteiger partial charge on any atom is 0.417 e. The molecular weight excluding hydrogens is 268 g/mol. The van der Waals surface area contributed by atoms with Gasteiger partial charge in [-0.15, -0.1) is 0 Å². The molecule has 0 amide bonds. The number of nitrogens with one attached hydrogen (secondary N) is 1. The van der Waals surface area contributed by atoms with Gasteiger partial charge in [0.15, 0.2) is 5.58 Å². The smallest absolute Gasteiger partial charge is 0.408 e. The van der Waals surface area contributed by atoms with Crippen molar-refractivity contribution >= 4 is 21.1 Å². The number of oxazole rings is 1. The van der Waals surface area contributed by atoms with Gasteiger partial charge >= 0.3 is 5.76 Å². The van der Waals surface area contributed by atoms with E-state index in [9.17, 15) is 13.2 Å². The summed E-state index contributed by atoms with van der Waals surface area (Å²) < 4.78 is 31.4. The highest BCUT2D eigenvalue weighted by Crippen LogP contribution is 2.27. The molecule has 0 saturated carbocycles. The molecule has 1 fully saturated rings. The van der Waals surface area contributed by atoms with Crippen molar-refractivity contribution in [2.75, 3.05) is 6.54 Å². The monoisotopic (exact) mass is 282 g/mol. The number of aromatic amines is 1. The van der Waals surface area contributed by atoms with Crippen molar-refractivity contribution in [2.45, 2.75) is 30.7 Å². The highest BCUT2D eigenvalue weighted by atomic mass is 32.2. The SMILES string of the molecule is CC1CCCN1S(=O)(=O)c1ccc2[nH]c(=O)oc2c1. The standard InChI is InChI=1S/C12H14N2O4S/c1-8-3-2-6-14(8)19(16,17)9-4-5-10-11(7-9)18-12(15)13-10/h4-5,7-8H,2-3,6H2,1H3,(H,13,15). The third kappa shape index (κ3) is 1.98. The average molecular weight is 282 g/mol. The summed E-state index contributed by atoms with van der Waals surface area (Å²) in [5.41, 5.74) is 0.761. The summed E-state index contributed by atoms with van der Waals surface area (Å²) in [6.07, 6.45) is 1.75. The first-order valence-electron chi connectivity index (χ1n) is 6.13. The molecule has 6 nitrogen and oxygen atoms in total. The second-order valence-electron chi connectivity index (χ2n) is 4.78. The first-order valence-corrected chi connectivity index (χ1v) is 7.57. The predicted molar refractivity (Wildman–Crippen MR) is 69.4 cm³/mol. The van der Waals surface area contributed by atoms with Crippen LogP contribution in [0.2, 0.25) is 0 Å². The zero-order valence-corrected chi connectivity index (χ0v) is 11.2. The molecule has 2 aromatic rings. The van der Waals surface area contributed by atoms with Gasteiger partial charge in [-0.3, -0.25) is 4.98 Å². The molecule has 19 heavy (non-hydrogen) atoms. The van der Waals surface area contributed by atoms with Crippen LogP contribution in [-0.2, 0) is 10.0 Å². The van der Waals surface area contributed by atoms with E-state index in [-0.39, 0.29) is 16.5 Å². The lowest BCUT2D eigenvalue weighted by atomic mass is 10.3. The molecular formula is C12H14N2O4S. The quantitative estimate of drug-likeness (QED) is 0.899. The van der Waals surface area contributed by atoms with Crippen LogP contribution in [0, 0.1) is 0 Å². The fraction of sp³-hybridized carbons (Fsp3) is 0.417. The third-order valence-corrected chi connectivity index (χ3v) is 5.50. The lowest BCUT2D eigenvalue weighted by Gasteiger charge is -2.20. The van der Waals surface area contributed by atoms with Crippen LogP contribution in [0.25, 0.3) is 11.1 Å². The molecule has 1 aromatic carbocycles. The van der Waals surface area contributed by atoms with E-state index in [2.05, 4.69) is 4.98 Å². The van der Waals surface area contributed by atoms with E-state index in [1.54, 1.807) is 6.07 Å². The minimum Gasteiger partial charge on any atom is -0.408 e. The van der Waals surface area contributed by atoms with Crippen LogP contribution in [0.3, 0.4) is 0 Å². The first-order chi connectivity index (χ1) is 8.98. The van der Waals surface area contributed by atoms with Crippen molar-refractivity contribution in [2.24, 2.45) is 0 Å². The number of sulfonamides is 1. The van der Waals surface area contributed by atoms with Crippen LogP contribution >= 0.6 is 0 Å². The van der Waals surface area contributed by atoms with Crippen molar-refractivity contribution in [1.29, 1.82) is 0 Å². The summed E-state index contributed by atoms with van der Waals surface area (Å²) >= 11 is 0. The number of aromatic nitrogens is 1. The molecule has 7 heteroatoms. The van der Waals surface area contributed by atoms with Crippen molar-refractivity contribution < 1.29 is 12.8 Å². The van der Waals surface area contributed by atoms with E-state index in [0.29, 0.717) is 12.1 Å². The molecule has 102 valence electrons. The molecule has 1 aliphatic heterocycles. The van der Waals surface area contributed by atoms with Crippen LogP contribution in [0.15, 0.2) is 32.3 Å². The normalized spacial score (nSPS) is 21.2. The van der Waals surface area contributed by atoms with Gasteiger partial charge in [0, 0.05) is 18.7 Å². The van der Waals surface area contributed by atoms with Crippen molar-refractivity contribution in [1.82, 2.24) is 9.29 Å². The molecule has 2 heterocycles. The Morgan fingerprint density at radius 3 is 2.89 bits per heavy atom. The highest BCUT2D eigenvalue weighted by molar-refractivity contribution is 7.89. The summed E-state index contributed by atoms with van der Waals surface area (Å²) in [5.74, 6) is -0.584. The molecule has 0 aliphatic carbocycles. The minimum absolute atomic E-state index is 0.0129. The predicted octanol–water partition coefficient (Wildman–Crippen LogP) is 1.29. The van der Waals surface area contributed by atoms with Gasteiger partial charge in [0.1, 0.15) is 0 Å². The Labute approximate surface area is 110 Å². The molecule has 0 spiro atoms. The molecule has 0 radical (unpaired) electrons. The molecule has 1 N–H and O–H groups in total. The largest absolute Gasteiger partial charge is 0.417 e. The van der Waals surface area contributed by atoms with Crippen molar-refractivity contribution in [3.8, 4) is 0 Å². The van der Waals surface area contributed by atoms with Crippen molar-refractivity contribution in [3.05, 3.63) is 28.7 Å². The number of benzene rings is 1. The van der Waals surface area contributed by atoms with E-state index in [1.807, 2.05) is 6.92 Å². The summed E-state index contributed by atoms with van der Waals surface area (Å²) in [7, 11) is -3.51. The number of nitrogens with zero attached hydrogens (tertiary/aromatic N) is 1.